The molecule has 0 aliphatic heterocycles. The smallest absolute Gasteiger partial charge is 0.00969 e. The molecule has 4 unspecified atom stereocenters. The second kappa shape index (κ2) is 17.0. The van der Waals surface area contributed by atoms with E-state index in [1.54, 1.807) is 52.4 Å². The number of rotatable bonds is 4. The van der Waals surface area contributed by atoms with Gasteiger partial charge in [0.1, 0.15) is 0 Å². The van der Waals surface area contributed by atoms with Crippen LogP contribution < -0.4 is 24.8 Å². The first-order valence-corrected chi connectivity index (χ1v) is 21.7. The molecule has 52 heavy (non-hydrogen) atoms. The molecule has 2 aromatic rings. The van der Waals surface area contributed by atoms with E-state index in [0.717, 1.165) is 30.1 Å². The molecule has 0 saturated heterocycles. The molecule has 3 saturated carbocycles. The van der Waals surface area contributed by atoms with Crippen molar-refractivity contribution in [1.82, 2.24) is 0 Å². The van der Waals surface area contributed by atoms with E-state index < -0.39 is 0 Å². The summed E-state index contributed by atoms with van der Waals surface area (Å²) in [4.78, 5) is 0. The Kier molecular flexibility index (Phi) is 14.3. The molecule has 3 fully saturated rings. The molecule has 0 bridgehead atoms. The summed E-state index contributed by atoms with van der Waals surface area (Å²) in [5.74, 6) is 6.18. The van der Waals surface area contributed by atoms with E-state index in [-0.39, 0.29) is 46.5 Å². The van der Waals surface area contributed by atoms with Gasteiger partial charge in [-0.05, 0) is 40.6 Å². The molecule has 284 valence electrons. The van der Waals surface area contributed by atoms with Gasteiger partial charge in [0.2, 0.25) is 0 Å². The standard InChI is InChI=1S/C29H37.C15H26.C5H5.2ClH.Zr/c1-18-25-22-17-19-13-9-10-14-20(19)24(22)21-15-11-12-16-23(21)29(25,8)28(6,7)27(4,5)26(18,2)3;1-12(14-7-3-4-8-14)11-13(2)15-9-5-6-10-15;1-2-4-5-3-1;;;/h9-11,13-15,23H,12,16-17H2,1-8H3;12-15H,3-10H2,1-2H3;1-5H;2*1H;/q-1;;-1;;;+2/p-2. The first-order valence-electron chi connectivity index (χ1n) is 20.5. The number of fused-ring (bicyclic) bond motifs is 6. The van der Waals surface area contributed by atoms with E-state index in [0.29, 0.717) is 5.92 Å². The van der Waals surface area contributed by atoms with E-state index in [4.69, 9.17) is 0 Å². The minimum Gasteiger partial charge on any atom is -1.00 e. The van der Waals surface area contributed by atoms with Crippen molar-refractivity contribution < 1.29 is 49.0 Å². The van der Waals surface area contributed by atoms with Gasteiger partial charge in [-0.1, -0.05) is 113 Å². The molecular formula is C49H68Cl2Zr-2. The molecule has 0 aromatic heterocycles. The largest absolute Gasteiger partial charge is 1.00 e. The summed E-state index contributed by atoms with van der Waals surface area (Å²) in [7, 11) is 0. The average Bonchev–Trinajstić information content (AvgIpc) is 3.95. The third-order valence-corrected chi connectivity index (χ3v) is 18.8. The first-order chi connectivity index (χ1) is 23.7. The van der Waals surface area contributed by atoms with Gasteiger partial charge in [-0.2, -0.15) is 29.3 Å². The fraction of sp³-hybridized carbons (Fsp3) is 0.612. The van der Waals surface area contributed by atoms with Crippen molar-refractivity contribution in [3.63, 3.8) is 0 Å². The molecule has 0 radical (unpaired) electrons. The molecule has 0 amide bonds. The molecular weight excluding hydrogens is 751 g/mol. The third-order valence-electron chi connectivity index (χ3n) is 16.5. The zero-order chi connectivity index (χ0) is 36.1. The maximum Gasteiger partial charge on any atom is -0.00969 e. The van der Waals surface area contributed by atoms with E-state index >= 15 is 0 Å². The summed E-state index contributed by atoms with van der Waals surface area (Å²) in [5.41, 5.74) is 10.3. The summed E-state index contributed by atoms with van der Waals surface area (Å²) in [6, 6.07) is 19.2. The Balaban J connectivity index is 0.000000221. The fourth-order valence-corrected chi connectivity index (χ4v) is 12.9. The van der Waals surface area contributed by atoms with Gasteiger partial charge >= 0.3 is 116 Å². The van der Waals surface area contributed by atoms with Gasteiger partial charge in [0, 0.05) is 0 Å². The summed E-state index contributed by atoms with van der Waals surface area (Å²) in [5, 5.41) is 0. The van der Waals surface area contributed by atoms with Crippen LogP contribution in [0.1, 0.15) is 145 Å². The predicted octanol–water partition coefficient (Wildman–Crippen LogP) is 7.74. The van der Waals surface area contributed by atoms with Crippen molar-refractivity contribution in [2.45, 2.75) is 140 Å². The molecule has 6 aliphatic rings. The Morgan fingerprint density at radius 1 is 0.769 bits per heavy atom. The van der Waals surface area contributed by atoms with Crippen LogP contribution in [0.5, 0.6) is 0 Å². The first kappa shape index (κ1) is 43.7. The van der Waals surface area contributed by atoms with Crippen molar-refractivity contribution in [3.8, 4) is 0 Å². The Hall–Kier alpha value is -1.01. The Labute approximate surface area is 347 Å². The Morgan fingerprint density at radius 2 is 1.31 bits per heavy atom. The van der Waals surface area contributed by atoms with Gasteiger partial charge in [-0.3, -0.25) is 0 Å². The van der Waals surface area contributed by atoms with E-state index in [1.165, 1.54) is 75.3 Å². The zero-order valence-corrected chi connectivity index (χ0v) is 38.2. The molecule has 8 rings (SSSR count). The summed E-state index contributed by atoms with van der Waals surface area (Å²) >= 11 is 1.73. The second-order valence-corrected chi connectivity index (χ2v) is 20.3. The number of benzene rings is 1. The van der Waals surface area contributed by atoms with Gasteiger partial charge in [-0.15, -0.1) is 6.92 Å². The minimum atomic E-state index is 0. The van der Waals surface area contributed by atoms with Crippen LogP contribution in [0.3, 0.4) is 0 Å². The monoisotopic (exact) mass is 816 g/mol. The molecule has 4 atom stereocenters. The molecule has 0 spiro atoms. The molecule has 0 heterocycles. The van der Waals surface area contributed by atoms with Gasteiger partial charge in [0.15, 0.2) is 0 Å². The van der Waals surface area contributed by atoms with Crippen LogP contribution in [-0.2, 0) is 30.7 Å². The van der Waals surface area contributed by atoms with Crippen LogP contribution >= 0.6 is 0 Å². The Morgan fingerprint density at radius 3 is 1.83 bits per heavy atom. The molecule has 6 aliphatic carbocycles. The third kappa shape index (κ3) is 7.22. The van der Waals surface area contributed by atoms with Gasteiger partial charge < -0.3 is 24.8 Å². The molecule has 0 N–H and O–H groups in total. The van der Waals surface area contributed by atoms with Crippen LogP contribution in [0.25, 0.3) is 5.57 Å². The minimum absolute atomic E-state index is 0. The van der Waals surface area contributed by atoms with Gasteiger partial charge in [-0.25, -0.2) is 18.1 Å². The zero-order valence-electron chi connectivity index (χ0n) is 34.3. The van der Waals surface area contributed by atoms with E-state index in [1.807, 2.05) is 33.5 Å². The van der Waals surface area contributed by atoms with Gasteiger partial charge in [0.05, 0.1) is 0 Å². The number of halogens is 2. The second-order valence-electron chi connectivity index (χ2n) is 18.8. The van der Waals surface area contributed by atoms with Crippen LogP contribution in [0.2, 0.25) is 0 Å². The van der Waals surface area contributed by atoms with E-state index in [9.17, 15) is 0 Å². The SMILES string of the molecule is CC([C](=[Zr+2])C(C)C1CCCC1)C1CCCC1.C[C-]1C2=C3Cc4ccccc4C3=C3C=CCCC3C2(C)C(C)(C)C(C)(C)C1(C)C.[Cl-].[Cl-].c1cc[cH-]c1. The van der Waals surface area contributed by atoms with Crippen molar-refractivity contribution in [2.24, 2.45) is 51.2 Å². The molecule has 0 nitrogen and oxygen atoms in total. The molecule has 2 aromatic carbocycles. The Bertz CT molecular complexity index is 1560. The normalized spacial score (nSPS) is 27.7. The van der Waals surface area contributed by atoms with Crippen LogP contribution in [0.15, 0.2) is 83.5 Å². The van der Waals surface area contributed by atoms with Gasteiger partial charge in [0.25, 0.3) is 0 Å². The maximum atomic E-state index is 2.62. The quantitative estimate of drug-likeness (QED) is 0.278. The maximum absolute atomic E-state index is 2.62. The fourth-order valence-electron chi connectivity index (χ4n) is 11.7. The van der Waals surface area contributed by atoms with Crippen LogP contribution in [-0.4, -0.2) is 3.21 Å². The summed E-state index contributed by atoms with van der Waals surface area (Å²) in [6.45, 7) is 25.3. The number of allylic oxidation sites excluding steroid dienone is 6. The van der Waals surface area contributed by atoms with E-state index in [2.05, 4.69) is 106 Å². The number of hydrogen-bond acceptors (Lipinski definition) is 0. The van der Waals surface area contributed by atoms with Crippen LogP contribution in [0, 0.1) is 57.2 Å². The summed E-state index contributed by atoms with van der Waals surface area (Å²) < 4.78 is 1.91. The van der Waals surface area contributed by atoms with Crippen molar-refractivity contribution in [1.29, 1.82) is 0 Å². The van der Waals surface area contributed by atoms with Crippen LogP contribution in [0.4, 0.5) is 0 Å². The number of hydrogen-bond donors (Lipinski definition) is 0. The average molecular weight is 819 g/mol. The van der Waals surface area contributed by atoms with Crippen molar-refractivity contribution >= 4 is 8.78 Å². The molecule has 3 heteroatoms. The topological polar surface area (TPSA) is 0 Å². The predicted molar refractivity (Wildman–Crippen MR) is 214 cm³/mol. The van der Waals surface area contributed by atoms with Crippen molar-refractivity contribution in [2.75, 3.05) is 0 Å². The summed E-state index contributed by atoms with van der Waals surface area (Å²) in [6.07, 6.45) is 20.5. The van der Waals surface area contributed by atoms with Crippen molar-refractivity contribution in [3.05, 3.63) is 101 Å².